The normalized spacial score (nSPS) is 10.2. The largest absolute Gasteiger partial charge is 0.507 e. The lowest BCUT2D eigenvalue weighted by Gasteiger charge is -2.04. The van der Waals surface area contributed by atoms with Crippen molar-refractivity contribution in [3.63, 3.8) is 0 Å². The Morgan fingerprint density at radius 3 is 2.65 bits per heavy atom. The molecule has 0 atom stereocenters. The number of hydrazone groups is 1. The average Bonchev–Trinajstić information content (AvgIpc) is 2.26. The predicted octanol–water partition coefficient (Wildman–Crippen LogP) is 1.37. The number of rotatable bonds is 3. The van der Waals surface area contributed by atoms with Gasteiger partial charge in [0.15, 0.2) is 0 Å². The first-order valence-corrected chi connectivity index (χ1v) is 5.03. The van der Waals surface area contributed by atoms with E-state index in [-0.39, 0.29) is 12.2 Å². The number of phenols is 1. The average molecular weight is 231 g/mol. The number of carbonyl (C=O) groups excluding carboxylic acids is 1. The van der Waals surface area contributed by atoms with Crippen LogP contribution < -0.4 is 5.43 Å². The summed E-state index contributed by atoms with van der Waals surface area (Å²) in [5.74, 6) is -0.188. The molecule has 0 fully saturated rings. The fourth-order valence-corrected chi connectivity index (χ4v) is 1.35. The SMILES string of the molecule is Cc1cc(C=NNC(=O)CC#N)cc(C)c1O. The number of amides is 1. The standard InChI is InChI=1S/C12H13N3O2/c1-8-5-10(6-9(2)12(8)17)7-14-15-11(16)3-4-13/h5-7,17H,3H2,1-2H3,(H,15,16). The van der Waals surface area contributed by atoms with Gasteiger partial charge >= 0.3 is 0 Å². The quantitative estimate of drug-likeness (QED) is 0.608. The van der Waals surface area contributed by atoms with Crippen molar-refractivity contribution in [1.82, 2.24) is 5.43 Å². The Kier molecular flexibility index (Phi) is 4.23. The smallest absolute Gasteiger partial charge is 0.254 e. The van der Waals surface area contributed by atoms with Crippen LogP contribution in [0.3, 0.4) is 0 Å². The van der Waals surface area contributed by atoms with Crippen LogP contribution in [0.15, 0.2) is 17.2 Å². The summed E-state index contributed by atoms with van der Waals surface area (Å²) in [6, 6.07) is 5.23. The number of carbonyl (C=O) groups is 1. The summed E-state index contributed by atoms with van der Waals surface area (Å²) < 4.78 is 0. The summed E-state index contributed by atoms with van der Waals surface area (Å²) in [6.45, 7) is 3.57. The first kappa shape index (κ1) is 12.7. The van der Waals surface area contributed by atoms with Gasteiger partial charge in [-0.1, -0.05) is 0 Å². The summed E-state index contributed by atoms with van der Waals surface area (Å²) in [6.07, 6.45) is 1.25. The van der Waals surface area contributed by atoms with Crippen molar-refractivity contribution < 1.29 is 9.90 Å². The van der Waals surface area contributed by atoms with Gasteiger partial charge in [0.1, 0.15) is 12.2 Å². The number of phenolic OH excluding ortho intramolecular Hbond substituents is 1. The Hall–Kier alpha value is -2.35. The minimum absolute atomic E-state index is 0.217. The zero-order chi connectivity index (χ0) is 12.8. The molecule has 0 aromatic heterocycles. The van der Waals surface area contributed by atoms with Crippen LogP contribution in [0.25, 0.3) is 0 Å². The maximum Gasteiger partial charge on any atom is 0.254 e. The van der Waals surface area contributed by atoms with Crippen LogP contribution >= 0.6 is 0 Å². The molecule has 0 radical (unpaired) electrons. The monoisotopic (exact) mass is 231 g/mol. The van der Waals surface area contributed by atoms with Crippen LogP contribution in [0.1, 0.15) is 23.1 Å². The number of benzene rings is 1. The summed E-state index contributed by atoms with van der Waals surface area (Å²) in [7, 11) is 0. The van der Waals surface area contributed by atoms with Crippen molar-refractivity contribution in [2.45, 2.75) is 20.3 Å². The highest BCUT2D eigenvalue weighted by Gasteiger charge is 2.02. The Balaban J connectivity index is 2.73. The molecule has 1 rings (SSSR count). The van der Waals surface area contributed by atoms with E-state index in [9.17, 15) is 9.90 Å². The van der Waals surface area contributed by atoms with Crippen molar-refractivity contribution in [1.29, 1.82) is 5.26 Å². The second-order valence-corrected chi connectivity index (χ2v) is 3.63. The summed E-state index contributed by atoms with van der Waals surface area (Å²) in [5, 5.41) is 21.5. The number of nitrogens with one attached hydrogen (secondary N) is 1. The van der Waals surface area contributed by atoms with E-state index in [2.05, 4.69) is 10.5 Å². The molecule has 0 aliphatic carbocycles. The van der Waals surface area contributed by atoms with Crippen LogP contribution in [-0.2, 0) is 4.79 Å². The molecule has 0 saturated carbocycles. The topological polar surface area (TPSA) is 85.5 Å². The highest BCUT2D eigenvalue weighted by Crippen LogP contribution is 2.21. The predicted molar refractivity (Wildman–Crippen MR) is 63.5 cm³/mol. The molecule has 0 spiro atoms. The van der Waals surface area contributed by atoms with Crippen LogP contribution in [-0.4, -0.2) is 17.2 Å². The van der Waals surface area contributed by atoms with Gasteiger partial charge in [0.05, 0.1) is 12.3 Å². The number of nitrogens with zero attached hydrogens (tertiary/aromatic N) is 2. The number of nitriles is 1. The third-order valence-corrected chi connectivity index (χ3v) is 2.16. The maximum atomic E-state index is 10.9. The third kappa shape index (κ3) is 3.61. The molecule has 0 aliphatic heterocycles. The molecule has 5 heteroatoms. The summed E-state index contributed by atoms with van der Waals surface area (Å²) in [5.41, 5.74) is 4.49. The van der Waals surface area contributed by atoms with E-state index < -0.39 is 5.91 Å². The molecule has 0 heterocycles. The molecule has 88 valence electrons. The van der Waals surface area contributed by atoms with E-state index in [1.54, 1.807) is 32.0 Å². The Bertz CT molecular complexity index is 478. The first-order chi connectivity index (χ1) is 8.04. The van der Waals surface area contributed by atoms with E-state index in [1.807, 2.05) is 0 Å². The van der Waals surface area contributed by atoms with E-state index in [0.29, 0.717) is 0 Å². The zero-order valence-corrected chi connectivity index (χ0v) is 9.69. The van der Waals surface area contributed by atoms with Crippen LogP contribution in [0.2, 0.25) is 0 Å². The van der Waals surface area contributed by atoms with E-state index in [0.717, 1.165) is 16.7 Å². The van der Waals surface area contributed by atoms with Crippen LogP contribution in [0.5, 0.6) is 5.75 Å². The Morgan fingerprint density at radius 2 is 2.12 bits per heavy atom. The number of hydrogen-bond donors (Lipinski definition) is 2. The molecule has 5 nitrogen and oxygen atoms in total. The van der Waals surface area contributed by atoms with Gasteiger partial charge in [-0.15, -0.1) is 0 Å². The third-order valence-electron chi connectivity index (χ3n) is 2.16. The minimum Gasteiger partial charge on any atom is -0.507 e. The lowest BCUT2D eigenvalue weighted by atomic mass is 10.1. The van der Waals surface area contributed by atoms with E-state index in [1.165, 1.54) is 6.21 Å². The summed E-state index contributed by atoms with van der Waals surface area (Å²) >= 11 is 0. The second kappa shape index (κ2) is 5.66. The van der Waals surface area contributed by atoms with Crippen molar-refractivity contribution in [2.75, 3.05) is 0 Å². The van der Waals surface area contributed by atoms with E-state index in [4.69, 9.17) is 5.26 Å². The lowest BCUT2D eigenvalue weighted by Crippen LogP contribution is -2.16. The molecular formula is C12H13N3O2. The molecule has 17 heavy (non-hydrogen) atoms. The number of hydrogen-bond acceptors (Lipinski definition) is 4. The van der Waals surface area contributed by atoms with Gasteiger partial charge < -0.3 is 5.11 Å². The van der Waals surface area contributed by atoms with Gasteiger partial charge in [0.25, 0.3) is 5.91 Å². The highest BCUT2D eigenvalue weighted by molar-refractivity contribution is 5.83. The Morgan fingerprint density at radius 1 is 1.53 bits per heavy atom. The summed E-state index contributed by atoms with van der Waals surface area (Å²) in [4.78, 5) is 10.9. The second-order valence-electron chi connectivity index (χ2n) is 3.63. The van der Waals surface area contributed by atoms with Crippen molar-refractivity contribution in [3.8, 4) is 11.8 Å². The van der Waals surface area contributed by atoms with Crippen LogP contribution in [0, 0.1) is 25.2 Å². The number of aryl methyl sites for hydroxylation is 2. The van der Waals surface area contributed by atoms with E-state index >= 15 is 0 Å². The molecule has 1 aromatic rings. The fourth-order valence-electron chi connectivity index (χ4n) is 1.35. The molecule has 2 N–H and O–H groups in total. The van der Waals surface area contributed by atoms with Gasteiger partial charge in [0.2, 0.25) is 0 Å². The molecular weight excluding hydrogens is 218 g/mol. The first-order valence-electron chi connectivity index (χ1n) is 5.03. The molecule has 0 bridgehead atoms. The molecule has 1 amide bonds. The van der Waals surface area contributed by atoms with Gasteiger partial charge in [-0.3, -0.25) is 4.79 Å². The number of aromatic hydroxyl groups is 1. The van der Waals surface area contributed by atoms with Gasteiger partial charge in [0, 0.05) is 0 Å². The molecule has 0 saturated heterocycles. The molecule has 0 aliphatic rings. The van der Waals surface area contributed by atoms with Crippen LogP contribution in [0.4, 0.5) is 0 Å². The van der Waals surface area contributed by atoms with Crippen molar-refractivity contribution >= 4 is 12.1 Å². The maximum absolute atomic E-state index is 10.9. The molecule has 0 unspecified atom stereocenters. The lowest BCUT2D eigenvalue weighted by molar-refractivity contribution is -0.120. The Labute approximate surface area is 99.4 Å². The molecule has 1 aromatic carbocycles. The fraction of sp³-hybridized carbons (Fsp3) is 0.250. The zero-order valence-electron chi connectivity index (χ0n) is 9.69. The van der Waals surface area contributed by atoms with Gasteiger partial charge in [-0.2, -0.15) is 10.4 Å². The minimum atomic E-state index is -0.448. The highest BCUT2D eigenvalue weighted by atomic mass is 16.3. The van der Waals surface area contributed by atoms with Crippen molar-refractivity contribution in [3.05, 3.63) is 28.8 Å². The van der Waals surface area contributed by atoms with Crippen molar-refractivity contribution in [2.24, 2.45) is 5.10 Å². The van der Waals surface area contributed by atoms with Gasteiger partial charge in [-0.25, -0.2) is 5.43 Å². The van der Waals surface area contributed by atoms with Gasteiger partial charge in [-0.05, 0) is 42.7 Å².